The highest BCUT2D eigenvalue weighted by Gasteiger charge is 2.14. The Kier molecular flexibility index (Phi) is 6.68. The lowest BCUT2D eigenvalue weighted by molar-refractivity contribution is -0.118. The van der Waals surface area contributed by atoms with Crippen molar-refractivity contribution < 1.29 is 13.2 Å². The second-order valence-corrected chi connectivity index (χ2v) is 9.33. The molecule has 1 N–H and O–H groups in total. The summed E-state index contributed by atoms with van der Waals surface area (Å²) < 4.78 is 27.5. The van der Waals surface area contributed by atoms with Gasteiger partial charge in [-0.1, -0.05) is 36.4 Å². The molecule has 32 heavy (non-hydrogen) atoms. The first-order valence-electron chi connectivity index (χ1n) is 10.3. The van der Waals surface area contributed by atoms with Gasteiger partial charge in [0.05, 0.1) is 17.1 Å². The summed E-state index contributed by atoms with van der Waals surface area (Å²) in [4.78, 5) is 20.8. The fourth-order valence-electron chi connectivity index (χ4n) is 3.43. The zero-order valence-corrected chi connectivity index (χ0v) is 18.3. The molecule has 0 aliphatic rings. The van der Waals surface area contributed by atoms with Crippen molar-refractivity contribution in [2.24, 2.45) is 0 Å². The Hall–Kier alpha value is -3.42. The predicted octanol–water partition coefficient (Wildman–Crippen LogP) is 3.85. The van der Waals surface area contributed by atoms with Crippen LogP contribution in [0, 0.1) is 0 Å². The van der Waals surface area contributed by atoms with Gasteiger partial charge in [0.2, 0.25) is 10.0 Å². The number of ketones is 1. The second-order valence-electron chi connectivity index (χ2n) is 7.56. The van der Waals surface area contributed by atoms with Gasteiger partial charge in [-0.05, 0) is 53.3 Å². The highest BCUT2D eigenvalue weighted by Crippen LogP contribution is 2.16. The molecule has 0 spiro atoms. The van der Waals surface area contributed by atoms with E-state index in [4.69, 9.17) is 0 Å². The number of carbonyl (C=O) groups excluding carboxylic acids is 1. The molecule has 4 rings (SSSR count). The topological polar surface area (TPSA) is 89.0 Å². The fourth-order valence-corrected chi connectivity index (χ4v) is 4.43. The maximum atomic E-state index is 12.5. The standard InChI is InChI=1S/C25H23N3O3S/c29-24(16-20-4-8-22-17-26-14-12-21(22)15-20)9-5-19-6-10-25(11-7-19)32(30,31)28-18-23-3-1-2-13-27-23/h1-4,6-8,10-15,17,28H,5,9,16,18H2. The molecular formula is C25H23N3O3S. The lowest BCUT2D eigenvalue weighted by Gasteiger charge is -2.08. The van der Waals surface area contributed by atoms with E-state index in [9.17, 15) is 13.2 Å². The summed E-state index contributed by atoms with van der Waals surface area (Å²) in [6, 6.07) is 19.9. The number of nitrogens with one attached hydrogen (secondary N) is 1. The van der Waals surface area contributed by atoms with E-state index in [-0.39, 0.29) is 17.2 Å². The van der Waals surface area contributed by atoms with Gasteiger partial charge in [0, 0.05) is 36.8 Å². The van der Waals surface area contributed by atoms with Gasteiger partial charge in [0.1, 0.15) is 5.78 Å². The van der Waals surface area contributed by atoms with Crippen LogP contribution < -0.4 is 4.72 Å². The van der Waals surface area contributed by atoms with Crippen molar-refractivity contribution >= 4 is 26.6 Å². The molecule has 0 saturated heterocycles. The van der Waals surface area contributed by atoms with E-state index < -0.39 is 10.0 Å². The molecule has 2 heterocycles. The fraction of sp³-hybridized carbons (Fsp3) is 0.160. The molecule has 162 valence electrons. The summed E-state index contributed by atoms with van der Waals surface area (Å²) in [5, 5.41) is 2.12. The van der Waals surface area contributed by atoms with Crippen molar-refractivity contribution in [1.82, 2.24) is 14.7 Å². The van der Waals surface area contributed by atoms with Crippen LogP contribution in [0.3, 0.4) is 0 Å². The lowest BCUT2D eigenvalue weighted by Crippen LogP contribution is -2.23. The Morgan fingerprint density at radius 3 is 2.47 bits per heavy atom. The number of rotatable bonds is 9. The first-order chi connectivity index (χ1) is 15.5. The quantitative estimate of drug-likeness (QED) is 0.423. The first kappa shape index (κ1) is 21.8. The second kappa shape index (κ2) is 9.80. The Morgan fingerprint density at radius 1 is 0.875 bits per heavy atom. The molecule has 6 nitrogen and oxygen atoms in total. The summed E-state index contributed by atoms with van der Waals surface area (Å²) in [6.45, 7) is 0.130. The van der Waals surface area contributed by atoms with Crippen molar-refractivity contribution in [2.45, 2.75) is 30.7 Å². The molecule has 0 aliphatic heterocycles. The van der Waals surface area contributed by atoms with Crippen molar-refractivity contribution in [3.8, 4) is 0 Å². The van der Waals surface area contributed by atoms with Gasteiger partial charge in [0.25, 0.3) is 0 Å². The van der Waals surface area contributed by atoms with Crippen LogP contribution in [-0.4, -0.2) is 24.2 Å². The molecule has 7 heteroatoms. The molecule has 0 atom stereocenters. The monoisotopic (exact) mass is 445 g/mol. The van der Waals surface area contributed by atoms with Crippen LogP contribution in [-0.2, 0) is 34.2 Å². The summed E-state index contributed by atoms with van der Waals surface area (Å²) in [7, 11) is -3.63. The van der Waals surface area contributed by atoms with Crippen molar-refractivity contribution in [3.63, 3.8) is 0 Å². The molecule has 2 aromatic heterocycles. The number of carbonyl (C=O) groups is 1. The average molecular weight is 446 g/mol. The van der Waals surface area contributed by atoms with Gasteiger partial charge in [-0.25, -0.2) is 13.1 Å². The van der Waals surface area contributed by atoms with Gasteiger partial charge in [0.15, 0.2) is 0 Å². The third kappa shape index (κ3) is 5.63. The van der Waals surface area contributed by atoms with Gasteiger partial charge < -0.3 is 0 Å². The maximum absolute atomic E-state index is 12.5. The number of hydrogen-bond donors (Lipinski definition) is 1. The molecule has 0 radical (unpaired) electrons. The molecule has 0 unspecified atom stereocenters. The first-order valence-corrected chi connectivity index (χ1v) is 11.8. The summed E-state index contributed by atoms with van der Waals surface area (Å²) in [6.07, 6.45) is 6.51. The molecular weight excluding hydrogens is 422 g/mol. The minimum Gasteiger partial charge on any atom is -0.299 e. The van der Waals surface area contributed by atoms with Crippen molar-refractivity contribution in [2.75, 3.05) is 0 Å². The average Bonchev–Trinajstić information content (AvgIpc) is 2.82. The van der Waals surface area contributed by atoms with E-state index >= 15 is 0 Å². The van der Waals surface area contributed by atoms with Crippen LogP contribution >= 0.6 is 0 Å². The predicted molar refractivity (Wildman–Crippen MR) is 123 cm³/mol. The van der Waals surface area contributed by atoms with E-state index in [1.807, 2.05) is 30.3 Å². The van der Waals surface area contributed by atoms with E-state index in [0.717, 1.165) is 21.9 Å². The van der Waals surface area contributed by atoms with E-state index in [2.05, 4.69) is 14.7 Å². The Labute approximate surface area is 187 Å². The smallest absolute Gasteiger partial charge is 0.240 e. The minimum atomic E-state index is -3.63. The normalized spacial score (nSPS) is 11.5. The summed E-state index contributed by atoms with van der Waals surface area (Å²) in [5.74, 6) is 0.145. The Morgan fingerprint density at radius 2 is 1.69 bits per heavy atom. The Bertz CT molecular complexity index is 1320. The van der Waals surface area contributed by atoms with Crippen molar-refractivity contribution in [1.29, 1.82) is 0 Å². The van der Waals surface area contributed by atoms with Gasteiger partial charge in [-0.2, -0.15) is 0 Å². The SMILES string of the molecule is O=C(CCc1ccc(S(=O)(=O)NCc2ccccn2)cc1)Cc1ccc2cnccc2c1. The molecule has 2 aromatic carbocycles. The third-order valence-electron chi connectivity index (χ3n) is 5.20. The number of aryl methyl sites for hydroxylation is 1. The zero-order valence-electron chi connectivity index (χ0n) is 17.4. The zero-order chi connectivity index (χ0) is 22.4. The van der Waals surface area contributed by atoms with Crippen LogP contribution in [0.5, 0.6) is 0 Å². The van der Waals surface area contributed by atoms with Crippen molar-refractivity contribution in [3.05, 3.63) is 102 Å². The molecule has 0 fully saturated rings. The number of Topliss-reactive ketones (excluding diaryl/α,β-unsaturated/α-hetero) is 1. The van der Waals surface area contributed by atoms with Gasteiger partial charge in [-0.15, -0.1) is 0 Å². The minimum absolute atomic E-state index is 0.130. The number of hydrogen-bond acceptors (Lipinski definition) is 5. The maximum Gasteiger partial charge on any atom is 0.240 e. The van der Waals surface area contributed by atoms with E-state index in [1.165, 1.54) is 0 Å². The number of pyridine rings is 2. The van der Waals surface area contributed by atoms with Gasteiger partial charge >= 0.3 is 0 Å². The number of nitrogens with zero attached hydrogens (tertiary/aromatic N) is 2. The molecule has 0 saturated carbocycles. The molecule has 4 aromatic rings. The van der Waals surface area contributed by atoms with E-state index in [1.54, 1.807) is 55.0 Å². The summed E-state index contributed by atoms with van der Waals surface area (Å²) >= 11 is 0. The number of aromatic nitrogens is 2. The Balaban J connectivity index is 1.31. The van der Waals surface area contributed by atoms with Gasteiger partial charge in [-0.3, -0.25) is 14.8 Å². The molecule has 0 bridgehead atoms. The largest absolute Gasteiger partial charge is 0.299 e. The lowest BCUT2D eigenvalue weighted by atomic mass is 10.0. The highest BCUT2D eigenvalue weighted by molar-refractivity contribution is 7.89. The molecule has 0 amide bonds. The highest BCUT2D eigenvalue weighted by atomic mass is 32.2. The van der Waals surface area contributed by atoms with Crippen LogP contribution in [0.15, 0.2) is 90.2 Å². The molecule has 0 aliphatic carbocycles. The number of benzene rings is 2. The van der Waals surface area contributed by atoms with E-state index in [0.29, 0.717) is 25.0 Å². The third-order valence-corrected chi connectivity index (χ3v) is 6.62. The van der Waals surface area contributed by atoms with Crippen LogP contribution in [0.4, 0.5) is 0 Å². The number of sulfonamides is 1. The van der Waals surface area contributed by atoms with Crippen LogP contribution in [0.25, 0.3) is 10.8 Å². The summed E-state index contributed by atoms with van der Waals surface area (Å²) in [5.41, 5.74) is 2.55. The van der Waals surface area contributed by atoms with Crippen LogP contribution in [0.1, 0.15) is 23.2 Å². The number of fused-ring (bicyclic) bond motifs is 1. The van der Waals surface area contributed by atoms with Crippen LogP contribution in [0.2, 0.25) is 0 Å².